The van der Waals surface area contributed by atoms with E-state index >= 15 is 0 Å². The van der Waals surface area contributed by atoms with Gasteiger partial charge in [0.1, 0.15) is 5.60 Å². The summed E-state index contributed by atoms with van der Waals surface area (Å²) < 4.78 is 5.19. The summed E-state index contributed by atoms with van der Waals surface area (Å²) in [6, 6.07) is 0. The molecular weight excluding hydrogens is 252 g/mol. The first-order valence-corrected chi connectivity index (χ1v) is 8.15. The average Bonchev–Trinajstić information content (AvgIpc) is 2.37. The molecule has 0 bridgehead atoms. The van der Waals surface area contributed by atoms with Gasteiger partial charge in [-0.3, -0.25) is 0 Å². The van der Waals surface area contributed by atoms with Crippen molar-refractivity contribution >= 4 is 6.09 Å². The lowest BCUT2D eigenvalue weighted by molar-refractivity contribution is 0.0527. The topological polar surface area (TPSA) is 50.4 Å². The first-order valence-electron chi connectivity index (χ1n) is 8.15. The molecule has 4 nitrogen and oxygen atoms in total. The van der Waals surface area contributed by atoms with Crippen molar-refractivity contribution in [3.8, 4) is 0 Å². The van der Waals surface area contributed by atoms with Crippen LogP contribution in [0.2, 0.25) is 0 Å². The lowest BCUT2D eigenvalue weighted by Crippen LogP contribution is -2.32. The Hall–Kier alpha value is -0.770. The van der Waals surface area contributed by atoms with E-state index in [4.69, 9.17) is 4.74 Å². The Morgan fingerprint density at radius 1 is 1.15 bits per heavy atom. The van der Waals surface area contributed by atoms with Crippen molar-refractivity contribution in [2.45, 2.75) is 71.3 Å². The molecule has 1 aliphatic rings. The van der Waals surface area contributed by atoms with Gasteiger partial charge in [-0.1, -0.05) is 25.7 Å². The molecule has 1 amide bonds. The van der Waals surface area contributed by atoms with E-state index in [9.17, 15) is 4.79 Å². The number of hydrogen-bond acceptors (Lipinski definition) is 3. The third-order valence-electron chi connectivity index (χ3n) is 3.67. The maximum atomic E-state index is 11.4. The quantitative estimate of drug-likeness (QED) is 0.704. The first kappa shape index (κ1) is 17.3. The monoisotopic (exact) mass is 284 g/mol. The van der Waals surface area contributed by atoms with Crippen LogP contribution < -0.4 is 10.6 Å². The van der Waals surface area contributed by atoms with Crippen LogP contribution >= 0.6 is 0 Å². The number of carbonyl (C=O) groups excluding carboxylic acids is 1. The van der Waals surface area contributed by atoms with E-state index in [1.54, 1.807) is 0 Å². The highest BCUT2D eigenvalue weighted by Crippen LogP contribution is 2.19. The summed E-state index contributed by atoms with van der Waals surface area (Å²) in [7, 11) is 0. The number of piperidine rings is 1. The highest BCUT2D eigenvalue weighted by atomic mass is 16.6. The zero-order chi connectivity index (χ0) is 14.8. The van der Waals surface area contributed by atoms with Crippen molar-refractivity contribution < 1.29 is 9.53 Å². The lowest BCUT2D eigenvalue weighted by Gasteiger charge is -2.22. The minimum absolute atomic E-state index is 0.299. The molecule has 1 fully saturated rings. The van der Waals surface area contributed by atoms with Gasteiger partial charge >= 0.3 is 6.09 Å². The van der Waals surface area contributed by atoms with Crippen molar-refractivity contribution in [2.75, 3.05) is 19.6 Å². The SMILES string of the molecule is CC(C)(C)OC(=O)NCCCCCCC1CCNCC1. The standard InChI is InChI=1S/C16H32N2O2/c1-16(2,3)20-15(19)18-11-7-5-4-6-8-14-9-12-17-13-10-14/h14,17H,4-13H2,1-3H3,(H,18,19). The van der Waals surface area contributed by atoms with Gasteiger partial charge in [0.05, 0.1) is 0 Å². The molecule has 1 heterocycles. The summed E-state index contributed by atoms with van der Waals surface area (Å²) in [5.74, 6) is 0.941. The highest BCUT2D eigenvalue weighted by molar-refractivity contribution is 5.67. The van der Waals surface area contributed by atoms with Gasteiger partial charge in [-0.2, -0.15) is 0 Å². The van der Waals surface area contributed by atoms with E-state index in [1.807, 2.05) is 20.8 Å². The Morgan fingerprint density at radius 3 is 2.45 bits per heavy atom. The normalized spacial score (nSPS) is 16.9. The van der Waals surface area contributed by atoms with E-state index in [-0.39, 0.29) is 6.09 Å². The number of carbonyl (C=O) groups is 1. The third kappa shape index (κ3) is 9.18. The summed E-state index contributed by atoms with van der Waals surface area (Å²) >= 11 is 0. The summed E-state index contributed by atoms with van der Waals surface area (Å²) in [6.45, 7) is 8.77. The largest absolute Gasteiger partial charge is 0.444 e. The molecule has 2 N–H and O–H groups in total. The molecule has 1 saturated heterocycles. The zero-order valence-electron chi connectivity index (χ0n) is 13.5. The van der Waals surface area contributed by atoms with Gasteiger partial charge in [-0.05, 0) is 59.0 Å². The van der Waals surface area contributed by atoms with Crippen LogP contribution in [0.5, 0.6) is 0 Å². The lowest BCUT2D eigenvalue weighted by atomic mass is 9.92. The molecule has 0 atom stereocenters. The fraction of sp³-hybridized carbons (Fsp3) is 0.938. The summed E-state index contributed by atoms with van der Waals surface area (Å²) in [4.78, 5) is 11.4. The van der Waals surface area contributed by atoms with Gasteiger partial charge in [0, 0.05) is 6.54 Å². The molecule has 0 aromatic rings. The van der Waals surface area contributed by atoms with E-state index in [0.717, 1.165) is 18.9 Å². The third-order valence-corrected chi connectivity index (χ3v) is 3.67. The summed E-state index contributed by atoms with van der Waals surface area (Å²) in [5.41, 5.74) is -0.404. The second kappa shape index (κ2) is 9.22. The number of nitrogens with one attached hydrogen (secondary N) is 2. The average molecular weight is 284 g/mol. The molecule has 4 heteroatoms. The molecular formula is C16H32N2O2. The number of rotatable bonds is 7. The van der Waals surface area contributed by atoms with Crippen LogP contribution in [0, 0.1) is 5.92 Å². The maximum Gasteiger partial charge on any atom is 0.407 e. The molecule has 118 valence electrons. The predicted octanol–water partition coefficient (Wildman–Crippen LogP) is 3.46. The smallest absolute Gasteiger partial charge is 0.407 e. The summed E-state index contributed by atoms with van der Waals surface area (Å²) in [6.07, 6.45) is 8.62. The van der Waals surface area contributed by atoms with Gasteiger partial charge in [0.2, 0.25) is 0 Å². The van der Waals surface area contributed by atoms with Crippen LogP contribution in [0.3, 0.4) is 0 Å². The van der Waals surface area contributed by atoms with Gasteiger partial charge in [0.15, 0.2) is 0 Å². The zero-order valence-corrected chi connectivity index (χ0v) is 13.5. The molecule has 0 unspecified atom stereocenters. The Morgan fingerprint density at radius 2 is 1.80 bits per heavy atom. The Kier molecular flexibility index (Phi) is 7.97. The minimum Gasteiger partial charge on any atom is -0.444 e. The van der Waals surface area contributed by atoms with Crippen molar-refractivity contribution in [2.24, 2.45) is 5.92 Å². The van der Waals surface area contributed by atoms with Crippen molar-refractivity contribution in [1.29, 1.82) is 0 Å². The predicted molar refractivity (Wildman–Crippen MR) is 82.9 cm³/mol. The van der Waals surface area contributed by atoms with Crippen molar-refractivity contribution in [3.05, 3.63) is 0 Å². The van der Waals surface area contributed by atoms with Gasteiger partial charge in [-0.15, -0.1) is 0 Å². The molecule has 0 aliphatic carbocycles. The van der Waals surface area contributed by atoms with E-state index < -0.39 is 5.60 Å². The summed E-state index contributed by atoms with van der Waals surface area (Å²) in [5, 5.41) is 6.22. The van der Waals surface area contributed by atoms with Crippen molar-refractivity contribution in [3.63, 3.8) is 0 Å². The van der Waals surface area contributed by atoms with E-state index in [1.165, 1.54) is 51.6 Å². The number of ether oxygens (including phenoxy) is 1. The molecule has 0 aromatic heterocycles. The fourth-order valence-electron chi connectivity index (χ4n) is 2.59. The minimum atomic E-state index is -0.404. The second-order valence-corrected chi connectivity index (χ2v) is 6.82. The van der Waals surface area contributed by atoms with Crippen LogP contribution in [-0.2, 0) is 4.74 Å². The molecule has 0 aromatic carbocycles. The molecule has 0 spiro atoms. The van der Waals surface area contributed by atoms with Gasteiger partial charge in [-0.25, -0.2) is 4.79 Å². The Balaban J connectivity index is 1.88. The molecule has 0 saturated carbocycles. The molecule has 1 rings (SSSR count). The number of alkyl carbamates (subject to hydrolysis) is 1. The number of amides is 1. The number of hydrogen-bond donors (Lipinski definition) is 2. The first-order chi connectivity index (χ1) is 9.47. The Labute approximate surface area is 124 Å². The van der Waals surface area contributed by atoms with Crippen molar-refractivity contribution in [1.82, 2.24) is 10.6 Å². The maximum absolute atomic E-state index is 11.4. The molecule has 20 heavy (non-hydrogen) atoms. The van der Waals surface area contributed by atoms with Crippen LogP contribution in [0.25, 0.3) is 0 Å². The Bertz CT molecular complexity index is 268. The fourth-order valence-corrected chi connectivity index (χ4v) is 2.59. The van der Waals surface area contributed by atoms with Crippen LogP contribution in [-0.4, -0.2) is 31.3 Å². The van der Waals surface area contributed by atoms with Crippen LogP contribution in [0.4, 0.5) is 4.79 Å². The van der Waals surface area contributed by atoms with Crippen LogP contribution in [0.1, 0.15) is 65.7 Å². The molecule has 1 aliphatic heterocycles. The van der Waals surface area contributed by atoms with Crippen LogP contribution in [0.15, 0.2) is 0 Å². The van der Waals surface area contributed by atoms with E-state index in [0.29, 0.717) is 0 Å². The second-order valence-electron chi connectivity index (χ2n) is 6.82. The highest BCUT2D eigenvalue weighted by Gasteiger charge is 2.15. The molecule has 0 radical (unpaired) electrons. The van der Waals surface area contributed by atoms with E-state index in [2.05, 4.69) is 10.6 Å². The van der Waals surface area contributed by atoms with Gasteiger partial charge in [0.25, 0.3) is 0 Å². The number of unbranched alkanes of at least 4 members (excludes halogenated alkanes) is 3. The van der Waals surface area contributed by atoms with Gasteiger partial charge < -0.3 is 15.4 Å².